The Bertz CT molecular complexity index is 480. The van der Waals surface area contributed by atoms with Crippen LogP contribution in [-0.4, -0.2) is 25.4 Å². The lowest BCUT2D eigenvalue weighted by Gasteiger charge is -1.95. The Morgan fingerprint density at radius 1 is 1.46 bits per heavy atom. The summed E-state index contributed by atoms with van der Waals surface area (Å²) >= 11 is 3.15. The molecule has 2 aromatic heterocycles. The van der Waals surface area contributed by atoms with Gasteiger partial charge in [-0.2, -0.15) is 0 Å². The second-order valence-electron chi connectivity index (χ2n) is 2.39. The summed E-state index contributed by atoms with van der Waals surface area (Å²) in [7, 11) is 0. The number of rotatable bonds is 1. The van der Waals surface area contributed by atoms with Gasteiger partial charge in [0, 0.05) is 6.20 Å². The van der Waals surface area contributed by atoms with Crippen LogP contribution in [0.2, 0.25) is 0 Å². The second-order valence-corrected chi connectivity index (χ2v) is 3.20. The van der Waals surface area contributed by atoms with E-state index >= 15 is 0 Å². The zero-order chi connectivity index (χ0) is 9.42. The number of nitrogens with zero attached hydrogens (tertiary/aromatic N) is 3. The highest BCUT2D eigenvalue weighted by atomic mass is 79.9. The highest BCUT2D eigenvalue weighted by molar-refractivity contribution is 9.10. The summed E-state index contributed by atoms with van der Waals surface area (Å²) in [5.74, 6) is -1.01. The van der Waals surface area contributed by atoms with Crippen molar-refractivity contribution in [2.45, 2.75) is 0 Å². The van der Waals surface area contributed by atoms with E-state index in [0.29, 0.717) is 10.3 Å². The summed E-state index contributed by atoms with van der Waals surface area (Å²) in [4.78, 5) is 18.5. The van der Waals surface area contributed by atoms with E-state index in [4.69, 9.17) is 5.11 Å². The van der Waals surface area contributed by atoms with E-state index < -0.39 is 5.97 Å². The first kappa shape index (κ1) is 8.18. The third kappa shape index (κ3) is 1.29. The van der Waals surface area contributed by atoms with Crippen LogP contribution < -0.4 is 0 Å². The highest BCUT2D eigenvalue weighted by Gasteiger charge is 2.09. The smallest absolute Gasteiger partial charge is 0.354 e. The van der Waals surface area contributed by atoms with E-state index in [2.05, 4.69) is 25.9 Å². The van der Waals surface area contributed by atoms with Gasteiger partial charge in [0.25, 0.3) is 0 Å². The molecule has 2 heterocycles. The average Bonchev–Trinajstić information content (AvgIpc) is 2.46. The van der Waals surface area contributed by atoms with E-state index in [1.807, 2.05) is 0 Å². The number of hydrogen-bond donors (Lipinski definition) is 1. The molecule has 0 bridgehead atoms. The van der Waals surface area contributed by atoms with Gasteiger partial charge in [-0.25, -0.2) is 14.8 Å². The molecule has 6 heteroatoms. The van der Waals surface area contributed by atoms with E-state index in [-0.39, 0.29) is 5.69 Å². The summed E-state index contributed by atoms with van der Waals surface area (Å²) in [6.07, 6.45) is 4.36. The first-order valence-electron chi connectivity index (χ1n) is 3.40. The fourth-order valence-corrected chi connectivity index (χ4v) is 1.33. The van der Waals surface area contributed by atoms with Gasteiger partial charge in [-0.3, -0.25) is 4.40 Å². The monoisotopic (exact) mass is 241 g/mol. The lowest BCUT2D eigenvalue weighted by molar-refractivity contribution is 0.0689. The Labute approximate surface area is 81.2 Å². The molecule has 0 saturated heterocycles. The van der Waals surface area contributed by atoms with E-state index in [1.165, 1.54) is 16.8 Å². The molecule has 0 aliphatic carbocycles. The minimum absolute atomic E-state index is 0.123. The van der Waals surface area contributed by atoms with Crippen molar-refractivity contribution >= 4 is 27.5 Å². The molecule has 0 radical (unpaired) electrons. The normalized spacial score (nSPS) is 10.5. The number of carboxylic acids is 1. The maximum Gasteiger partial charge on any atom is 0.354 e. The summed E-state index contributed by atoms with van der Waals surface area (Å²) < 4.78 is 2.03. The number of imidazole rings is 1. The Hall–Kier alpha value is -1.43. The number of halogens is 1. The minimum atomic E-state index is -1.01. The van der Waals surface area contributed by atoms with Gasteiger partial charge >= 0.3 is 5.97 Å². The molecule has 1 N–H and O–H groups in total. The molecule has 0 atom stereocenters. The van der Waals surface area contributed by atoms with E-state index in [0.717, 1.165) is 0 Å². The van der Waals surface area contributed by atoms with Crippen LogP contribution in [0.1, 0.15) is 10.5 Å². The van der Waals surface area contributed by atoms with Crippen LogP contribution in [0, 0.1) is 0 Å². The molecule has 0 aromatic carbocycles. The van der Waals surface area contributed by atoms with Gasteiger partial charge in [0.2, 0.25) is 0 Å². The lowest BCUT2D eigenvalue weighted by Crippen LogP contribution is -2.01. The van der Waals surface area contributed by atoms with Crippen molar-refractivity contribution in [3.8, 4) is 0 Å². The van der Waals surface area contributed by atoms with Crippen LogP contribution in [0.4, 0.5) is 0 Å². The van der Waals surface area contributed by atoms with Gasteiger partial charge in [-0.15, -0.1) is 0 Å². The number of carbonyl (C=O) groups is 1. The molecule has 2 aromatic rings. The van der Waals surface area contributed by atoms with E-state index in [1.54, 1.807) is 6.20 Å². The molecule has 0 spiro atoms. The largest absolute Gasteiger partial charge is 0.477 e. The molecule has 0 unspecified atom stereocenters. The Morgan fingerprint density at radius 3 is 2.92 bits per heavy atom. The molecule has 13 heavy (non-hydrogen) atoms. The number of fused-ring (bicyclic) bond motifs is 1. The minimum Gasteiger partial charge on any atom is -0.477 e. The molecule has 5 nitrogen and oxygen atoms in total. The maximum absolute atomic E-state index is 10.7. The van der Waals surface area contributed by atoms with Crippen molar-refractivity contribution in [2.24, 2.45) is 0 Å². The van der Waals surface area contributed by atoms with Gasteiger partial charge in [0.1, 0.15) is 4.60 Å². The second kappa shape index (κ2) is 2.81. The van der Waals surface area contributed by atoms with Crippen molar-refractivity contribution < 1.29 is 9.90 Å². The molecule has 0 aliphatic heterocycles. The summed E-state index contributed by atoms with van der Waals surface area (Å²) in [5, 5.41) is 8.77. The van der Waals surface area contributed by atoms with Crippen molar-refractivity contribution in [2.75, 3.05) is 0 Å². The standard InChI is InChI=1S/C7H4BrN3O2/c8-5-3-11-4(7(12)13)1-10-6(11)2-9-5/h1-3H,(H,12,13). The molecule has 0 amide bonds. The van der Waals surface area contributed by atoms with Crippen molar-refractivity contribution in [3.05, 3.63) is 28.9 Å². The first-order valence-corrected chi connectivity index (χ1v) is 4.19. The highest BCUT2D eigenvalue weighted by Crippen LogP contribution is 2.10. The van der Waals surface area contributed by atoms with Crippen LogP contribution in [-0.2, 0) is 0 Å². The van der Waals surface area contributed by atoms with Crippen LogP contribution in [0.5, 0.6) is 0 Å². The average molecular weight is 242 g/mol. The van der Waals surface area contributed by atoms with Gasteiger partial charge in [0.15, 0.2) is 11.3 Å². The third-order valence-corrected chi connectivity index (χ3v) is 1.99. The number of aromatic nitrogens is 3. The fraction of sp³-hybridized carbons (Fsp3) is 0. The third-order valence-electron chi connectivity index (χ3n) is 1.58. The predicted octanol–water partition coefficient (Wildman–Crippen LogP) is 1.19. The van der Waals surface area contributed by atoms with Gasteiger partial charge < -0.3 is 5.11 Å². The van der Waals surface area contributed by atoms with Gasteiger partial charge in [-0.1, -0.05) is 0 Å². The molecule has 2 rings (SSSR count). The molecular weight excluding hydrogens is 238 g/mol. The lowest BCUT2D eigenvalue weighted by atomic mass is 10.5. The van der Waals surface area contributed by atoms with Crippen molar-refractivity contribution in [1.29, 1.82) is 0 Å². The number of carboxylic acid groups (broad SMARTS) is 1. The summed E-state index contributed by atoms with van der Waals surface area (Å²) in [6.45, 7) is 0. The summed E-state index contributed by atoms with van der Waals surface area (Å²) in [5.41, 5.74) is 0.638. The zero-order valence-corrected chi connectivity index (χ0v) is 7.89. The molecule has 0 fully saturated rings. The van der Waals surface area contributed by atoms with Gasteiger partial charge in [-0.05, 0) is 15.9 Å². The van der Waals surface area contributed by atoms with Crippen LogP contribution >= 0.6 is 15.9 Å². The van der Waals surface area contributed by atoms with Crippen molar-refractivity contribution in [1.82, 2.24) is 14.4 Å². The number of hydrogen-bond acceptors (Lipinski definition) is 3. The number of aromatic carboxylic acids is 1. The first-order chi connectivity index (χ1) is 6.18. The topological polar surface area (TPSA) is 67.5 Å². The molecular formula is C7H4BrN3O2. The van der Waals surface area contributed by atoms with Crippen LogP contribution in [0.25, 0.3) is 5.65 Å². The van der Waals surface area contributed by atoms with Crippen LogP contribution in [0.3, 0.4) is 0 Å². The van der Waals surface area contributed by atoms with Crippen molar-refractivity contribution in [3.63, 3.8) is 0 Å². The maximum atomic E-state index is 10.7. The Balaban J connectivity index is 2.79. The zero-order valence-electron chi connectivity index (χ0n) is 6.31. The van der Waals surface area contributed by atoms with E-state index in [9.17, 15) is 4.79 Å². The quantitative estimate of drug-likeness (QED) is 0.815. The van der Waals surface area contributed by atoms with Gasteiger partial charge in [0.05, 0.1) is 12.4 Å². The SMILES string of the molecule is O=C(O)c1cnc2cnc(Br)cn12. The fourth-order valence-electron chi connectivity index (χ4n) is 1.02. The summed E-state index contributed by atoms with van der Waals surface area (Å²) in [6, 6.07) is 0. The molecule has 66 valence electrons. The Morgan fingerprint density at radius 2 is 2.23 bits per heavy atom. The molecule has 0 aliphatic rings. The molecule has 0 saturated carbocycles. The van der Waals surface area contributed by atoms with Crippen LogP contribution in [0.15, 0.2) is 23.2 Å². The Kier molecular flexibility index (Phi) is 1.77. The predicted molar refractivity (Wildman–Crippen MR) is 47.6 cm³/mol.